The predicted molar refractivity (Wildman–Crippen MR) is 48.3 cm³/mol. The Hall–Kier alpha value is -0.0466. The summed E-state index contributed by atoms with van der Waals surface area (Å²) in [5.74, 6) is 0. The van der Waals surface area contributed by atoms with Crippen LogP contribution < -0.4 is 5.73 Å². The van der Waals surface area contributed by atoms with Gasteiger partial charge in [0.1, 0.15) is 0 Å². The summed E-state index contributed by atoms with van der Waals surface area (Å²) in [5.41, 5.74) is 6.32. The van der Waals surface area contributed by atoms with E-state index in [9.17, 15) is 4.79 Å². The first kappa shape index (κ1) is 12.0. The third-order valence-corrected chi connectivity index (χ3v) is 1.88. The van der Waals surface area contributed by atoms with Gasteiger partial charge in [-0.3, -0.25) is 4.79 Å². The average Bonchev–Trinajstić information content (AvgIpc) is 1.94. The number of benzene rings is 1. The van der Waals surface area contributed by atoms with Crippen molar-refractivity contribution < 1.29 is 24.3 Å². The standard InChI is InChI=1S/C7H6ClNOS.Zn/c8-7(10)4-1-2-6(11)5(9)3-4;/h1-3,11H,9H2;. The summed E-state index contributed by atoms with van der Waals surface area (Å²) < 4.78 is 0. The van der Waals surface area contributed by atoms with Gasteiger partial charge in [-0.2, -0.15) is 0 Å². The van der Waals surface area contributed by atoms with Crippen LogP contribution in [0.25, 0.3) is 0 Å². The minimum absolute atomic E-state index is 0. The Labute approximate surface area is 93.6 Å². The monoisotopic (exact) mass is 251 g/mol. The van der Waals surface area contributed by atoms with Gasteiger partial charge in [-0.05, 0) is 29.8 Å². The van der Waals surface area contributed by atoms with Crippen LogP contribution in [0.15, 0.2) is 23.1 Å². The van der Waals surface area contributed by atoms with Gasteiger partial charge < -0.3 is 5.73 Å². The summed E-state index contributed by atoms with van der Waals surface area (Å²) in [6, 6.07) is 4.71. The fourth-order valence-corrected chi connectivity index (χ4v) is 0.933. The molecule has 0 amide bonds. The van der Waals surface area contributed by atoms with Crippen molar-refractivity contribution in [1.29, 1.82) is 0 Å². The van der Waals surface area contributed by atoms with Crippen molar-refractivity contribution in [2.24, 2.45) is 0 Å². The van der Waals surface area contributed by atoms with Crippen molar-refractivity contribution in [3.05, 3.63) is 23.8 Å². The normalized spacial score (nSPS) is 8.83. The molecule has 2 nitrogen and oxygen atoms in total. The average molecular weight is 253 g/mol. The number of nitrogens with two attached hydrogens (primary N) is 1. The van der Waals surface area contributed by atoms with Crippen LogP contribution in [0.2, 0.25) is 0 Å². The summed E-state index contributed by atoms with van der Waals surface area (Å²) in [5, 5.41) is -0.509. The Morgan fingerprint density at radius 2 is 2.08 bits per heavy atom. The molecule has 2 N–H and O–H groups in total. The molecule has 0 atom stereocenters. The van der Waals surface area contributed by atoms with Gasteiger partial charge >= 0.3 is 0 Å². The van der Waals surface area contributed by atoms with E-state index in [4.69, 9.17) is 17.3 Å². The fraction of sp³-hybridized carbons (Fsp3) is 0. The van der Waals surface area contributed by atoms with Crippen molar-refractivity contribution in [1.82, 2.24) is 0 Å². The summed E-state index contributed by atoms with van der Waals surface area (Å²) in [7, 11) is 0. The van der Waals surface area contributed by atoms with Crippen molar-refractivity contribution in [2.45, 2.75) is 4.90 Å². The van der Waals surface area contributed by atoms with E-state index in [1.807, 2.05) is 0 Å². The number of thiol groups is 1. The number of rotatable bonds is 1. The molecular weight excluding hydrogens is 247 g/mol. The zero-order chi connectivity index (χ0) is 8.43. The first-order chi connectivity index (χ1) is 5.11. The molecular formula is C7H6ClNOSZn. The van der Waals surface area contributed by atoms with Crippen molar-refractivity contribution in [3.8, 4) is 0 Å². The first-order valence-corrected chi connectivity index (χ1v) is 3.72. The third kappa shape index (κ3) is 2.78. The van der Waals surface area contributed by atoms with Crippen LogP contribution >= 0.6 is 24.2 Å². The van der Waals surface area contributed by atoms with Gasteiger partial charge in [0.2, 0.25) is 0 Å². The van der Waals surface area contributed by atoms with Crippen molar-refractivity contribution >= 4 is 35.2 Å². The van der Waals surface area contributed by atoms with E-state index in [1.54, 1.807) is 12.1 Å². The maximum absolute atomic E-state index is 10.6. The number of hydrogen-bond acceptors (Lipinski definition) is 3. The summed E-state index contributed by atoms with van der Waals surface area (Å²) in [6.07, 6.45) is 0. The molecule has 0 saturated carbocycles. The molecule has 12 heavy (non-hydrogen) atoms. The molecule has 0 aliphatic carbocycles. The summed E-state index contributed by atoms with van der Waals surface area (Å²) >= 11 is 9.24. The molecule has 0 unspecified atom stereocenters. The molecule has 0 aliphatic rings. The largest absolute Gasteiger partial charge is 0.398 e. The minimum atomic E-state index is -0.509. The molecule has 0 aromatic heterocycles. The maximum atomic E-state index is 10.6. The smallest absolute Gasteiger partial charge is 0.252 e. The minimum Gasteiger partial charge on any atom is -0.398 e. The van der Waals surface area contributed by atoms with Gasteiger partial charge in [0.15, 0.2) is 0 Å². The summed E-state index contributed by atoms with van der Waals surface area (Å²) in [4.78, 5) is 11.2. The zero-order valence-electron chi connectivity index (χ0n) is 6.25. The quantitative estimate of drug-likeness (QED) is 0.347. The molecule has 5 heteroatoms. The van der Waals surface area contributed by atoms with Crippen LogP contribution in [0, 0.1) is 0 Å². The molecule has 1 aromatic rings. The Balaban J connectivity index is 0.00000121. The fourth-order valence-electron chi connectivity index (χ4n) is 0.677. The van der Waals surface area contributed by atoms with Crippen LogP contribution in [-0.4, -0.2) is 5.24 Å². The van der Waals surface area contributed by atoms with Crippen molar-refractivity contribution in [3.63, 3.8) is 0 Å². The van der Waals surface area contributed by atoms with Gasteiger partial charge in [0, 0.05) is 35.6 Å². The second-order valence-corrected chi connectivity index (χ2v) is 2.87. The van der Waals surface area contributed by atoms with E-state index in [0.717, 1.165) is 0 Å². The van der Waals surface area contributed by atoms with E-state index < -0.39 is 5.24 Å². The van der Waals surface area contributed by atoms with Crippen LogP contribution in [0.3, 0.4) is 0 Å². The SMILES string of the molecule is Nc1cc(C(=O)Cl)ccc1S.[Zn]. The molecule has 0 heterocycles. The van der Waals surface area contributed by atoms with E-state index in [-0.39, 0.29) is 19.5 Å². The van der Waals surface area contributed by atoms with Crippen LogP contribution in [0.5, 0.6) is 0 Å². The van der Waals surface area contributed by atoms with Crippen LogP contribution in [0.4, 0.5) is 5.69 Å². The molecule has 60 valence electrons. The van der Waals surface area contributed by atoms with E-state index in [1.165, 1.54) is 6.07 Å². The number of carbonyl (C=O) groups is 1. The Morgan fingerprint density at radius 3 is 2.50 bits per heavy atom. The number of halogens is 1. The van der Waals surface area contributed by atoms with Gasteiger partial charge in [-0.1, -0.05) is 0 Å². The molecule has 0 radical (unpaired) electrons. The molecule has 0 fully saturated rings. The van der Waals surface area contributed by atoms with Gasteiger partial charge in [-0.25, -0.2) is 0 Å². The maximum Gasteiger partial charge on any atom is 0.252 e. The molecule has 0 aliphatic heterocycles. The van der Waals surface area contributed by atoms with Gasteiger partial charge in [-0.15, -0.1) is 12.6 Å². The molecule has 0 saturated heterocycles. The van der Waals surface area contributed by atoms with Gasteiger partial charge in [0.05, 0.1) is 0 Å². The van der Waals surface area contributed by atoms with Crippen molar-refractivity contribution in [2.75, 3.05) is 5.73 Å². The Morgan fingerprint density at radius 1 is 1.50 bits per heavy atom. The number of hydrogen-bond donors (Lipinski definition) is 2. The first-order valence-electron chi connectivity index (χ1n) is 2.89. The number of nitrogen functional groups attached to an aromatic ring is 1. The van der Waals surface area contributed by atoms with Crippen LogP contribution in [-0.2, 0) is 19.5 Å². The van der Waals surface area contributed by atoms with E-state index in [0.29, 0.717) is 16.1 Å². The topological polar surface area (TPSA) is 43.1 Å². The molecule has 0 bridgehead atoms. The molecule has 1 aromatic carbocycles. The van der Waals surface area contributed by atoms with E-state index in [2.05, 4.69) is 12.6 Å². The summed E-state index contributed by atoms with van der Waals surface area (Å²) in [6.45, 7) is 0. The predicted octanol–water partition coefficient (Wildman–Crippen LogP) is 1.93. The second kappa shape index (κ2) is 4.85. The molecule has 0 spiro atoms. The van der Waals surface area contributed by atoms with E-state index >= 15 is 0 Å². The number of anilines is 1. The second-order valence-electron chi connectivity index (χ2n) is 2.05. The van der Waals surface area contributed by atoms with Gasteiger partial charge in [0.25, 0.3) is 5.24 Å². The molecule has 1 rings (SSSR count). The van der Waals surface area contributed by atoms with Crippen LogP contribution in [0.1, 0.15) is 10.4 Å². The number of carbonyl (C=O) groups excluding carboxylic acids is 1. The Bertz CT molecular complexity index is 305. The Kier molecular flexibility index (Phi) is 4.83. The third-order valence-electron chi connectivity index (χ3n) is 1.25. The zero-order valence-corrected chi connectivity index (χ0v) is 10.9.